The second-order valence-electron chi connectivity index (χ2n) is 9.68. The molecule has 1 aliphatic heterocycles. The summed E-state index contributed by atoms with van der Waals surface area (Å²) in [6.07, 6.45) is 0.943. The van der Waals surface area contributed by atoms with E-state index in [1.165, 1.54) is 19.1 Å². The SMILES string of the molecule is CC(=O)N[C@@H](Cc1cc(F)cc(F)c1)[C@H](O)CN(C=O)C1(c2cccc(C(C)C)c2)CCNCC1. The van der Waals surface area contributed by atoms with Gasteiger partial charge in [0, 0.05) is 19.5 Å². The Kier molecular flexibility index (Phi) is 8.97. The van der Waals surface area contributed by atoms with Crippen LogP contribution in [0.1, 0.15) is 56.2 Å². The lowest BCUT2D eigenvalue weighted by atomic mass is 9.78. The molecule has 8 heteroatoms. The first kappa shape index (κ1) is 26.8. The van der Waals surface area contributed by atoms with E-state index in [1.54, 1.807) is 4.90 Å². The number of aliphatic hydroxyl groups excluding tert-OH is 1. The van der Waals surface area contributed by atoms with Gasteiger partial charge in [-0.25, -0.2) is 8.78 Å². The predicted molar refractivity (Wildman–Crippen MR) is 131 cm³/mol. The third kappa shape index (κ3) is 6.64. The normalized spacial score (nSPS) is 17.0. The number of benzene rings is 2. The van der Waals surface area contributed by atoms with Crippen molar-refractivity contribution >= 4 is 12.3 Å². The molecule has 2 aromatic rings. The van der Waals surface area contributed by atoms with Crippen molar-refractivity contribution in [1.29, 1.82) is 0 Å². The number of amides is 2. The molecule has 1 aliphatic rings. The van der Waals surface area contributed by atoms with Gasteiger partial charge in [0.05, 0.1) is 17.7 Å². The van der Waals surface area contributed by atoms with Crippen molar-refractivity contribution in [3.8, 4) is 0 Å². The molecule has 1 fully saturated rings. The number of nitrogens with zero attached hydrogens (tertiary/aromatic N) is 1. The minimum atomic E-state index is -1.16. The number of carbonyl (C=O) groups is 2. The van der Waals surface area contributed by atoms with Gasteiger partial charge in [-0.1, -0.05) is 38.1 Å². The largest absolute Gasteiger partial charge is 0.389 e. The van der Waals surface area contributed by atoms with Gasteiger partial charge in [-0.15, -0.1) is 0 Å². The summed E-state index contributed by atoms with van der Waals surface area (Å²) in [4.78, 5) is 25.9. The highest BCUT2D eigenvalue weighted by Gasteiger charge is 2.41. The molecule has 3 N–H and O–H groups in total. The minimum absolute atomic E-state index is 0.0134. The summed E-state index contributed by atoms with van der Waals surface area (Å²) in [5.74, 6) is -1.53. The van der Waals surface area contributed by atoms with E-state index in [2.05, 4.69) is 36.6 Å². The summed E-state index contributed by atoms with van der Waals surface area (Å²) in [5.41, 5.74) is 1.85. The van der Waals surface area contributed by atoms with Crippen molar-refractivity contribution in [1.82, 2.24) is 15.5 Å². The zero-order valence-corrected chi connectivity index (χ0v) is 20.6. The summed E-state index contributed by atoms with van der Waals surface area (Å²) in [6, 6.07) is 10.5. The number of rotatable bonds is 10. The highest BCUT2D eigenvalue weighted by Crippen LogP contribution is 2.38. The molecule has 0 bridgehead atoms. The molecule has 0 unspecified atom stereocenters. The average molecular weight is 488 g/mol. The fraction of sp³-hybridized carbons (Fsp3) is 0.481. The van der Waals surface area contributed by atoms with Gasteiger partial charge < -0.3 is 20.6 Å². The van der Waals surface area contributed by atoms with Gasteiger partial charge >= 0.3 is 0 Å². The standard InChI is InChI=1S/C27H35F2N3O3/c1-18(2)21-5-4-6-22(14-21)27(7-9-30-10-8-27)32(17-33)16-26(35)25(31-19(3)34)13-20-11-23(28)15-24(29)12-20/h4-6,11-12,14-15,17-18,25-26,30,35H,7-10,13,16H2,1-3H3,(H,31,34)/t25-,26+/m0/s1. The Hall–Kier alpha value is -2.84. The van der Waals surface area contributed by atoms with Crippen LogP contribution in [0.25, 0.3) is 0 Å². The Balaban J connectivity index is 1.90. The van der Waals surface area contributed by atoms with Gasteiger partial charge in [0.1, 0.15) is 11.6 Å². The first-order chi connectivity index (χ1) is 16.6. The molecule has 2 amide bonds. The Morgan fingerprint density at radius 1 is 1.17 bits per heavy atom. The molecule has 6 nitrogen and oxygen atoms in total. The molecule has 0 aliphatic carbocycles. The van der Waals surface area contributed by atoms with Gasteiger partial charge in [0.15, 0.2) is 0 Å². The van der Waals surface area contributed by atoms with Gasteiger partial charge in [-0.2, -0.15) is 0 Å². The molecule has 0 aromatic heterocycles. The Labute approximate surface area is 205 Å². The van der Waals surface area contributed by atoms with Gasteiger partial charge in [0.2, 0.25) is 12.3 Å². The zero-order valence-electron chi connectivity index (χ0n) is 20.6. The predicted octanol–water partition coefficient (Wildman–Crippen LogP) is 3.23. The second-order valence-corrected chi connectivity index (χ2v) is 9.68. The summed E-state index contributed by atoms with van der Waals surface area (Å²) in [7, 11) is 0. The van der Waals surface area contributed by atoms with Crippen LogP contribution in [0.2, 0.25) is 0 Å². The summed E-state index contributed by atoms with van der Waals surface area (Å²) < 4.78 is 27.5. The van der Waals surface area contributed by atoms with Crippen LogP contribution in [0, 0.1) is 11.6 Å². The van der Waals surface area contributed by atoms with Crippen molar-refractivity contribution in [3.05, 3.63) is 70.8 Å². The van der Waals surface area contributed by atoms with Crippen LogP contribution >= 0.6 is 0 Å². The second kappa shape index (κ2) is 11.7. The van der Waals surface area contributed by atoms with E-state index >= 15 is 0 Å². The fourth-order valence-corrected chi connectivity index (χ4v) is 4.94. The van der Waals surface area contributed by atoms with Crippen molar-refractivity contribution < 1.29 is 23.5 Å². The summed E-state index contributed by atoms with van der Waals surface area (Å²) in [5, 5.41) is 17.2. The van der Waals surface area contributed by atoms with E-state index in [9.17, 15) is 23.5 Å². The number of nitrogens with one attached hydrogen (secondary N) is 2. The summed E-state index contributed by atoms with van der Waals surface area (Å²) >= 11 is 0. The fourth-order valence-electron chi connectivity index (χ4n) is 4.94. The van der Waals surface area contributed by atoms with E-state index in [-0.39, 0.29) is 18.9 Å². The Morgan fingerprint density at radius 3 is 2.40 bits per heavy atom. The number of halogens is 2. The van der Waals surface area contributed by atoms with Crippen LogP contribution in [-0.2, 0) is 21.5 Å². The number of carbonyl (C=O) groups excluding carboxylic acids is 2. The number of hydrogen-bond donors (Lipinski definition) is 3. The van der Waals surface area contributed by atoms with Crippen molar-refractivity contribution in [2.75, 3.05) is 19.6 Å². The number of piperidine rings is 1. The maximum atomic E-state index is 13.7. The van der Waals surface area contributed by atoms with Crippen LogP contribution in [0.3, 0.4) is 0 Å². The van der Waals surface area contributed by atoms with Crippen LogP contribution in [0.5, 0.6) is 0 Å². The van der Waals surface area contributed by atoms with Crippen LogP contribution in [-0.4, -0.2) is 54.1 Å². The molecule has 35 heavy (non-hydrogen) atoms. The van der Waals surface area contributed by atoms with Crippen LogP contribution in [0.15, 0.2) is 42.5 Å². The smallest absolute Gasteiger partial charge is 0.217 e. The molecule has 0 radical (unpaired) electrons. The highest BCUT2D eigenvalue weighted by molar-refractivity contribution is 5.73. The molecule has 0 spiro atoms. The molecule has 2 atom stereocenters. The molecule has 0 saturated carbocycles. The third-order valence-electron chi connectivity index (χ3n) is 6.81. The number of aliphatic hydroxyl groups is 1. The monoisotopic (exact) mass is 487 g/mol. The van der Waals surface area contributed by atoms with Crippen LogP contribution in [0.4, 0.5) is 8.78 Å². The third-order valence-corrected chi connectivity index (χ3v) is 6.81. The first-order valence-electron chi connectivity index (χ1n) is 12.1. The van der Waals surface area contributed by atoms with E-state index < -0.39 is 29.3 Å². The lowest BCUT2D eigenvalue weighted by Gasteiger charge is -2.46. The molecule has 190 valence electrons. The maximum Gasteiger partial charge on any atom is 0.217 e. The van der Waals surface area contributed by atoms with E-state index in [4.69, 9.17) is 0 Å². The molecule has 2 aromatic carbocycles. The molecular formula is C27H35F2N3O3. The lowest BCUT2D eigenvalue weighted by Crippen LogP contribution is -2.56. The molecule has 3 rings (SSSR count). The van der Waals surface area contributed by atoms with Crippen molar-refractivity contribution in [2.24, 2.45) is 0 Å². The Bertz CT molecular complexity index is 1000. The topological polar surface area (TPSA) is 81.7 Å². The van der Waals surface area contributed by atoms with E-state index in [0.717, 1.165) is 23.6 Å². The van der Waals surface area contributed by atoms with Gasteiger partial charge in [-0.05, 0) is 67.1 Å². The Morgan fingerprint density at radius 2 is 1.83 bits per heavy atom. The maximum absolute atomic E-state index is 13.7. The van der Waals surface area contributed by atoms with Crippen molar-refractivity contribution in [3.63, 3.8) is 0 Å². The lowest BCUT2D eigenvalue weighted by molar-refractivity contribution is -0.128. The molecule has 1 heterocycles. The molecular weight excluding hydrogens is 452 g/mol. The highest BCUT2D eigenvalue weighted by atomic mass is 19.1. The van der Waals surface area contributed by atoms with Gasteiger partial charge in [-0.3, -0.25) is 9.59 Å². The van der Waals surface area contributed by atoms with E-state index in [0.29, 0.717) is 37.4 Å². The minimum Gasteiger partial charge on any atom is -0.389 e. The van der Waals surface area contributed by atoms with E-state index in [1.807, 2.05) is 12.1 Å². The van der Waals surface area contributed by atoms with Crippen LogP contribution < -0.4 is 10.6 Å². The zero-order chi connectivity index (χ0) is 25.6. The average Bonchev–Trinajstić information content (AvgIpc) is 2.81. The summed E-state index contributed by atoms with van der Waals surface area (Å²) in [6.45, 7) is 6.92. The molecule has 1 saturated heterocycles. The number of hydrogen-bond acceptors (Lipinski definition) is 4. The van der Waals surface area contributed by atoms with Crippen molar-refractivity contribution in [2.45, 2.75) is 63.6 Å². The quantitative estimate of drug-likeness (QED) is 0.450. The van der Waals surface area contributed by atoms with Gasteiger partial charge in [0.25, 0.3) is 0 Å². The first-order valence-corrected chi connectivity index (χ1v) is 12.1.